The first-order valence-corrected chi connectivity index (χ1v) is 12.3. The summed E-state index contributed by atoms with van der Waals surface area (Å²) in [5.74, 6) is -0.267. The predicted octanol–water partition coefficient (Wildman–Crippen LogP) is 2.94. The Morgan fingerprint density at radius 2 is 2.11 bits per heavy atom. The first-order valence-electron chi connectivity index (χ1n) is 12.3. The summed E-state index contributed by atoms with van der Waals surface area (Å²) in [5.41, 5.74) is 6.48. The molecule has 3 aliphatic rings. The molecule has 35 heavy (non-hydrogen) atoms. The summed E-state index contributed by atoms with van der Waals surface area (Å²) in [6, 6.07) is 1.66. The molecule has 1 aliphatic heterocycles. The summed E-state index contributed by atoms with van der Waals surface area (Å²) in [5, 5.41) is 17.0. The molecular weight excluding hydrogens is 446 g/mol. The van der Waals surface area contributed by atoms with Crippen molar-refractivity contribution in [3.63, 3.8) is 0 Å². The van der Waals surface area contributed by atoms with Crippen molar-refractivity contribution >= 4 is 23.7 Å². The number of aromatic nitrogens is 2. The Kier molecular flexibility index (Phi) is 7.17. The van der Waals surface area contributed by atoms with Gasteiger partial charge >= 0.3 is 0 Å². The molecule has 1 saturated heterocycles. The van der Waals surface area contributed by atoms with Crippen LogP contribution >= 0.6 is 0 Å². The third-order valence-electron chi connectivity index (χ3n) is 7.74. The number of Topliss-reactive ketones (excluding diaryl/α,β-unsaturated/α-hetero) is 2. The van der Waals surface area contributed by atoms with E-state index in [0.717, 1.165) is 43.5 Å². The van der Waals surface area contributed by atoms with Crippen LogP contribution in [0.3, 0.4) is 0 Å². The number of ether oxygens (including phenoxy) is 1. The van der Waals surface area contributed by atoms with Crippen LogP contribution in [-0.4, -0.2) is 58.5 Å². The number of hydrogen-bond donors (Lipinski definition) is 2. The fraction of sp³-hybridized carbons (Fsp3) is 0.600. The van der Waals surface area contributed by atoms with E-state index < -0.39 is 11.2 Å². The molecule has 0 unspecified atom stereocenters. The van der Waals surface area contributed by atoms with Gasteiger partial charge < -0.3 is 10.5 Å². The van der Waals surface area contributed by atoms with E-state index >= 15 is 0 Å². The molecule has 3 N–H and O–H groups in total. The average molecular weight is 480 g/mol. The number of carbonyl (C=O) groups is 2. The van der Waals surface area contributed by atoms with Gasteiger partial charge in [0.2, 0.25) is 17.5 Å². The molecule has 2 fully saturated rings. The Balaban J connectivity index is 1.71. The largest absolute Gasteiger partial charge is 0.473 e. The van der Waals surface area contributed by atoms with Crippen molar-refractivity contribution < 1.29 is 14.3 Å². The van der Waals surface area contributed by atoms with Crippen molar-refractivity contribution in [1.82, 2.24) is 14.9 Å². The molecule has 10 nitrogen and oxygen atoms in total. The zero-order valence-corrected chi connectivity index (χ0v) is 20.4. The van der Waals surface area contributed by atoms with Crippen molar-refractivity contribution in [2.45, 2.75) is 76.9 Å². The van der Waals surface area contributed by atoms with Gasteiger partial charge in [0.25, 0.3) is 0 Å². The van der Waals surface area contributed by atoms with E-state index in [1.54, 1.807) is 0 Å². The molecule has 2 aliphatic carbocycles. The third-order valence-corrected chi connectivity index (χ3v) is 7.74. The molecule has 0 aromatic carbocycles. The van der Waals surface area contributed by atoms with Crippen LogP contribution in [0.15, 0.2) is 17.3 Å². The maximum absolute atomic E-state index is 13.6. The van der Waals surface area contributed by atoms with Gasteiger partial charge in [0, 0.05) is 29.8 Å². The molecule has 10 heteroatoms. The number of likely N-dealkylation sites (N-methyl/N-ethyl adjacent to an activating group) is 1. The second-order valence-electron chi connectivity index (χ2n) is 9.79. The van der Waals surface area contributed by atoms with E-state index in [2.05, 4.69) is 14.9 Å². The smallest absolute Gasteiger partial charge is 0.228 e. The van der Waals surface area contributed by atoms with Crippen LogP contribution in [0.5, 0.6) is 5.88 Å². The summed E-state index contributed by atoms with van der Waals surface area (Å²) < 4.78 is 6.12. The van der Waals surface area contributed by atoms with Gasteiger partial charge in [-0.25, -0.2) is 9.88 Å². The molecule has 1 aromatic rings. The lowest BCUT2D eigenvalue weighted by atomic mass is 9.64. The highest BCUT2D eigenvalue weighted by Gasteiger charge is 2.46. The Morgan fingerprint density at radius 1 is 1.34 bits per heavy atom. The number of nitrogens with zero attached hydrogens (tertiary/aromatic N) is 5. The quantitative estimate of drug-likeness (QED) is 0.198. The van der Waals surface area contributed by atoms with Gasteiger partial charge in [-0.1, -0.05) is 6.42 Å². The first kappa shape index (κ1) is 24.8. The van der Waals surface area contributed by atoms with Crippen LogP contribution in [0.4, 0.5) is 5.82 Å². The fourth-order valence-corrected chi connectivity index (χ4v) is 5.78. The van der Waals surface area contributed by atoms with Gasteiger partial charge in [0.1, 0.15) is 18.2 Å². The number of rotatable bonds is 7. The van der Waals surface area contributed by atoms with Crippen LogP contribution in [0, 0.1) is 22.3 Å². The number of nitriles is 1. The molecular formula is C25H33N7O3. The highest BCUT2D eigenvalue weighted by molar-refractivity contribution is 6.08. The summed E-state index contributed by atoms with van der Waals surface area (Å²) in [4.78, 5) is 38.4. The lowest BCUT2D eigenvalue weighted by molar-refractivity contribution is -0.129. The number of allylic oxidation sites excluding steroid dienone is 2. The summed E-state index contributed by atoms with van der Waals surface area (Å²) in [6.45, 7) is 2.94. The zero-order chi connectivity index (χ0) is 25.2. The maximum Gasteiger partial charge on any atom is 0.228 e. The molecule has 3 atom stereocenters. The van der Waals surface area contributed by atoms with E-state index in [9.17, 15) is 14.9 Å². The lowest BCUT2D eigenvalue weighted by Gasteiger charge is -2.40. The van der Waals surface area contributed by atoms with Crippen LogP contribution in [-0.2, 0) is 4.79 Å². The highest BCUT2D eigenvalue weighted by atomic mass is 16.5. The van der Waals surface area contributed by atoms with E-state index in [0.29, 0.717) is 43.4 Å². The monoisotopic (exact) mass is 479 g/mol. The molecule has 4 rings (SSSR count). The Morgan fingerprint density at radius 3 is 2.77 bits per heavy atom. The number of ketones is 2. The van der Waals surface area contributed by atoms with Crippen LogP contribution in [0.1, 0.15) is 75.3 Å². The average Bonchev–Trinajstić information content (AvgIpc) is 3.29. The number of hydrogen-bond acceptors (Lipinski definition) is 9. The SMILES string of the molecule is C[C@H](Oc1cc(N(C#N)C=N)nc(C(=O)C2=C(N)[C@]3(CCCCC3=O)CCC2)n1)[C@@H]1CCCN1C. The number of carbonyl (C=O) groups excluding carboxylic acids is 2. The summed E-state index contributed by atoms with van der Waals surface area (Å²) in [7, 11) is 2.05. The molecule has 1 aromatic heterocycles. The number of anilines is 1. The van der Waals surface area contributed by atoms with Gasteiger partial charge in [-0.05, 0) is 65.5 Å². The first-order chi connectivity index (χ1) is 16.8. The normalized spacial score (nSPS) is 25.9. The van der Waals surface area contributed by atoms with Gasteiger partial charge in [0.15, 0.2) is 12.0 Å². The molecule has 0 bridgehead atoms. The Bertz CT molecular complexity index is 1100. The second kappa shape index (κ2) is 10.1. The van der Waals surface area contributed by atoms with Crippen molar-refractivity contribution in [2.24, 2.45) is 11.1 Å². The van der Waals surface area contributed by atoms with Gasteiger partial charge in [-0.2, -0.15) is 10.2 Å². The Labute approximate surface area is 205 Å². The number of nitrogens with one attached hydrogen (secondary N) is 1. The minimum atomic E-state index is -0.770. The zero-order valence-electron chi connectivity index (χ0n) is 20.4. The van der Waals surface area contributed by atoms with Crippen LogP contribution < -0.4 is 15.4 Å². The van der Waals surface area contributed by atoms with Crippen molar-refractivity contribution in [1.29, 1.82) is 10.7 Å². The van der Waals surface area contributed by atoms with Crippen molar-refractivity contribution in [3.8, 4) is 12.1 Å². The van der Waals surface area contributed by atoms with Crippen LogP contribution in [0.25, 0.3) is 0 Å². The van der Waals surface area contributed by atoms with Gasteiger partial charge in [-0.15, -0.1) is 0 Å². The predicted molar refractivity (Wildman–Crippen MR) is 130 cm³/mol. The molecule has 0 amide bonds. The topological polar surface area (TPSA) is 149 Å². The molecule has 1 saturated carbocycles. The summed E-state index contributed by atoms with van der Waals surface area (Å²) in [6.07, 6.45) is 9.24. The third kappa shape index (κ3) is 4.65. The van der Waals surface area contributed by atoms with Gasteiger partial charge in [0.05, 0.1) is 5.41 Å². The summed E-state index contributed by atoms with van der Waals surface area (Å²) >= 11 is 0. The Hall–Kier alpha value is -3.32. The van der Waals surface area contributed by atoms with Crippen LogP contribution in [0.2, 0.25) is 0 Å². The molecule has 1 spiro atoms. The number of nitrogens with two attached hydrogens (primary N) is 1. The lowest BCUT2D eigenvalue weighted by Crippen LogP contribution is -2.42. The minimum absolute atomic E-state index is 0.0706. The minimum Gasteiger partial charge on any atom is -0.473 e. The number of likely N-dealkylation sites (tertiary alicyclic amines) is 1. The standard InChI is InChI=1S/C25H33N7O3/c1-16(18-8-6-12-31(18)2)35-21-13-20(32(14-26)15-27)29-24(30-21)22(34)17-7-5-11-25(23(17)28)10-4-3-9-19(25)33/h13-14,16,18,26H,3-12,28H2,1-2H3/t16-,18-,25+/m0/s1. The maximum atomic E-state index is 13.6. The van der Waals surface area contributed by atoms with E-state index in [1.807, 2.05) is 20.2 Å². The molecule has 0 radical (unpaired) electrons. The highest BCUT2D eigenvalue weighted by Crippen LogP contribution is 2.47. The second-order valence-corrected chi connectivity index (χ2v) is 9.79. The van der Waals surface area contributed by atoms with Crippen molar-refractivity contribution in [3.05, 3.63) is 23.2 Å². The molecule has 186 valence electrons. The van der Waals surface area contributed by atoms with E-state index in [1.165, 1.54) is 6.07 Å². The van der Waals surface area contributed by atoms with E-state index in [4.69, 9.17) is 15.9 Å². The van der Waals surface area contributed by atoms with E-state index in [-0.39, 0.29) is 35.5 Å². The fourth-order valence-electron chi connectivity index (χ4n) is 5.78. The van der Waals surface area contributed by atoms with Gasteiger partial charge in [-0.3, -0.25) is 19.9 Å². The molecule has 2 heterocycles. The van der Waals surface area contributed by atoms with Crippen molar-refractivity contribution in [2.75, 3.05) is 18.5 Å².